The van der Waals surface area contributed by atoms with Crippen LogP contribution in [0.3, 0.4) is 0 Å². The van der Waals surface area contributed by atoms with Gasteiger partial charge in [-0.05, 0) is 18.2 Å². The molecule has 10 nitrogen and oxygen atoms in total. The quantitative estimate of drug-likeness (QED) is 0.396. The summed E-state index contributed by atoms with van der Waals surface area (Å²) in [4.78, 5) is 23.0. The summed E-state index contributed by atoms with van der Waals surface area (Å²) in [6, 6.07) is 4.08. The summed E-state index contributed by atoms with van der Waals surface area (Å²) in [5.74, 6) is -1.31. The molecule has 4 heterocycles. The van der Waals surface area contributed by atoms with Crippen LogP contribution < -0.4 is 25.0 Å². The van der Waals surface area contributed by atoms with E-state index in [9.17, 15) is 4.79 Å². The number of fused-ring (bicyclic) bond motifs is 1. The van der Waals surface area contributed by atoms with Gasteiger partial charge in [0.25, 0.3) is 0 Å². The van der Waals surface area contributed by atoms with E-state index in [-0.39, 0.29) is 46.9 Å². The van der Waals surface area contributed by atoms with E-state index in [0.29, 0.717) is 43.3 Å². The molecule has 1 amide bonds. The van der Waals surface area contributed by atoms with Gasteiger partial charge in [-0.15, -0.1) is 0 Å². The smallest absolute Gasteiger partial charge is 0.243 e. The van der Waals surface area contributed by atoms with Crippen molar-refractivity contribution in [2.45, 2.75) is 18.2 Å². The van der Waals surface area contributed by atoms with Crippen molar-refractivity contribution in [3.8, 4) is 22.8 Å². The first-order chi connectivity index (χ1) is 18.9. The minimum atomic E-state index is -0.882. The third-order valence-electron chi connectivity index (χ3n) is 6.93. The van der Waals surface area contributed by atoms with Crippen LogP contribution in [0.1, 0.15) is 0 Å². The van der Waals surface area contributed by atoms with Crippen molar-refractivity contribution in [1.82, 2.24) is 15.3 Å². The Labute approximate surface area is 223 Å². The van der Waals surface area contributed by atoms with Gasteiger partial charge in [-0.2, -0.15) is 0 Å². The van der Waals surface area contributed by atoms with Crippen LogP contribution in [0.5, 0.6) is 11.5 Å². The van der Waals surface area contributed by atoms with Crippen molar-refractivity contribution in [2.75, 3.05) is 57.8 Å². The second kappa shape index (κ2) is 11.0. The SMILES string of the molecule is C=CC(=O)N[C@H]1COC[C@H]1Nc1cc2c(N3CC(OC)C3)nc(-c3c(F)c(OC)cc(OC)c3F)cc2cn1. The van der Waals surface area contributed by atoms with Crippen molar-refractivity contribution in [3.63, 3.8) is 0 Å². The van der Waals surface area contributed by atoms with Gasteiger partial charge in [-0.25, -0.2) is 18.7 Å². The van der Waals surface area contributed by atoms with E-state index in [0.717, 1.165) is 11.5 Å². The second-order valence-electron chi connectivity index (χ2n) is 9.28. The summed E-state index contributed by atoms with van der Waals surface area (Å²) in [6.45, 7) is 5.35. The molecular weight excluding hydrogens is 512 g/mol. The van der Waals surface area contributed by atoms with Crippen LogP contribution in [-0.2, 0) is 14.3 Å². The van der Waals surface area contributed by atoms with Gasteiger partial charge >= 0.3 is 0 Å². The number of nitrogens with one attached hydrogen (secondary N) is 2. The predicted octanol–water partition coefficient (Wildman–Crippen LogP) is 2.91. The number of methoxy groups -OCH3 is 3. The molecule has 0 spiro atoms. The Morgan fingerprint density at radius 2 is 1.79 bits per heavy atom. The summed E-state index contributed by atoms with van der Waals surface area (Å²) in [5, 5.41) is 7.53. The number of amides is 1. The molecular formula is C27H29F2N5O5. The zero-order valence-electron chi connectivity index (χ0n) is 21.8. The highest BCUT2D eigenvalue weighted by Gasteiger charge is 2.32. The summed E-state index contributed by atoms with van der Waals surface area (Å²) in [7, 11) is 4.23. The first-order valence-corrected chi connectivity index (χ1v) is 12.3. The number of benzene rings is 1. The molecule has 206 valence electrons. The molecule has 2 fully saturated rings. The highest BCUT2D eigenvalue weighted by Crippen LogP contribution is 2.40. The Morgan fingerprint density at radius 3 is 2.44 bits per heavy atom. The van der Waals surface area contributed by atoms with Gasteiger partial charge in [0.2, 0.25) is 5.91 Å². The van der Waals surface area contributed by atoms with Crippen molar-refractivity contribution < 1.29 is 32.5 Å². The number of carbonyl (C=O) groups is 1. The monoisotopic (exact) mass is 541 g/mol. The highest BCUT2D eigenvalue weighted by atomic mass is 19.1. The molecule has 1 aromatic carbocycles. The van der Waals surface area contributed by atoms with Gasteiger partial charge in [0.05, 0.1) is 56.9 Å². The molecule has 2 atom stereocenters. The molecule has 0 bridgehead atoms. The zero-order chi connectivity index (χ0) is 27.7. The van der Waals surface area contributed by atoms with E-state index < -0.39 is 11.6 Å². The standard InChI is InChI=1S/C27H29F2N5O5/c1-5-23(35)32-19-13-39-12-18(19)31-22-7-16-14(9-30-22)6-17(33-27(16)34-10-15(11-34)36-2)24-25(28)20(37-3)8-21(38-4)26(24)29/h5-9,15,18-19H,1,10-13H2,2-4H3,(H,30,31)(H,32,35)/t18-,19+/m1/s1. The van der Waals surface area contributed by atoms with Crippen LogP contribution in [0.4, 0.5) is 20.4 Å². The Bertz CT molecular complexity index is 1390. The lowest BCUT2D eigenvalue weighted by atomic mass is 10.0. The van der Waals surface area contributed by atoms with Crippen LogP contribution in [0, 0.1) is 11.6 Å². The molecule has 0 aliphatic carbocycles. The van der Waals surface area contributed by atoms with E-state index >= 15 is 8.78 Å². The number of rotatable bonds is 9. The fourth-order valence-corrected chi connectivity index (χ4v) is 4.72. The number of hydrogen-bond acceptors (Lipinski definition) is 9. The summed E-state index contributed by atoms with van der Waals surface area (Å²) >= 11 is 0. The number of aromatic nitrogens is 2. The van der Waals surface area contributed by atoms with Crippen LogP contribution in [0.2, 0.25) is 0 Å². The summed E-state index contributed by atoms with van der Waals surface area (Å²) in [5.41, 5.74) is -0.284. The van der Waals surface area contributed by atoms with Gasteiger partial charge in [-0.3, -0.25) is 4.79 Å². The molecule has 5 rings (SSSR count). The molecule has 0 radical (unpaired) electrons. The summed E-state index contributed by atoms with van der Waals surface area (Å²) in [6.07, 6.45) is 2.84. The van der Waals surface area contributed by atoms with Crippen LogP contribution in [0.15, 0.2) is 37.1 Å². The second-order valence-corrected chi connectivity index (χ2v) is 9.28. The Hall–Kier alpha value is -4.03. The molecule has 39 heavy (non-hydrogen) atoms. The van der Waals surface area contributed by atoms with Gasteiger partial charge in [0, 0.05) is 43.2 Å². The van der Waals surface area contributed by atoms with E-state index in [1.807, 2.05) is 11.0 Å². The van der Waals surface area contributed by atoms with Crippen LogP contribution in [-0.4, -0.2) is 81.7 Å². The molecule has 0 saturated carbocycles. The average molecular weight is 542 g/mol. The van der Waals surface area contributed by atoms with Gasteiger partial charge in [0.15, 0.2) is 23.1 Å². The van der Waals surface area contributed by atoms with Gasteiger partial charge in [0.1, 0.15) is 11.6 Å². The molecule has 2 N–H and O–H groups in total. The van der Waals surface area contributed by atoms with Crippen molar-refractivity contribution >= 4 is 28.3 Å². The number of nitrogens with zero attached hydrogens (tertiary/aromatic N) is 3. The number of hydrogen-bond donors (Lipinski definition) is 2. The van der Waals surface area contributed by atoms with E-state index in [1.54, 1.807) is 19.4 Å². The van der Waals surface area contributed by atoms with Crippen molar-refractivity contribution in [1.29, 1.82) is 0 Å². The lowest BCUT2D eigenvalue weighted by Crippen LogP contribution is -2.52. The van der Waals surface area contributed by atoms with Crippen molar-refractivity contribution in [2.24, 2.45) is 0 Å². The third-order valence-corrected chi connectivity index (χ3v) is 6.93. The average Bonchev–Trinajstić information content (AvgIpc) is 3.34. The number of carbonyl (C=O) groups excluding carboxylic acids is 1. The Balaban J connectivity index is 1.57. The minimum Gasteiger partial charge on any atom is -0.494 e. The Kier molecular flexibility index (Phi) is 7.49. The first kappa shape index (κ1) is 26.6. The molecule has 0 unspecified atom stereocenters. The topological polar surface area (TPSA) is 107 Å². The molecule has 3 aromatic rings. The number of ether oxygens (including phenoxy) is 4. The minimum absolute atomic E-state index is 0.0141. The molecule has 12 heteroatoms. The third kappa shape index (κ3) is 5.04. The zero-order valence-corrected chi connectivity index (χ0v) is 21.8. The molecule has 2 aromatic heterocycles. The van der Waals surface area contributed by atoms with Gasteiger partial charge < -0.3 is 34.5 Å². The van der Waals surface area contributed by atoms with Gasteiger partial charge in [-0.1, -0.05) is 6.58 Å². The highest BCUT2D eigenvalue weighted by molar-refractivity contribution is 5.96. The number of halogens is 2. The van der Waals surface area contributed by atoms with E-state index in [2.05, 4.69) is 22.2 Å². The molecule has 2 aliphatic rings. The first-order valence-electron chi connectivity index (χ1n) is 12.3. The molecule has 2 saturated heterocycles. The number of anilines is 2. The Morgan fingerprint density at radius 1 is 1.10 bits per heavy atom. The maximum absolute atomic E-state index is 15.4. The normalized spacial score (nSPS) is 19.1. The fraction of sp³-hybridized carbons (Fsp3) is 0.370. The van der Waals surface area contributed by atoms with Crippen molar-refractivity contribution in [3.05, 3.63) is 48.7 Å². The maximum Gasteiger partial charge on any atom is 0.243 e. The van der Waals surface area contributed by atoms with E-state index in [4.69, 9.17) is 23.9 Å². The summed E-state index contributed by atoms with van der Waals surface area (Å²) < 4.78 is 51.9. The van der Waals surface area contributed by atoms with E-state index in [1.165, 1.54) is 20.3 Å². The lowest BCUT2D eigenvalue weighted by molar-refractivity contribution is -0.117. The van der Waals surface area contributed by atoms with Crippen LogP contribution in [0.25, 0.3) is 22.0 Å². The van der Waals surface area contributed by atoms with Crippen LogP contribution >= 0.6 is 0 Å². The number of pyridine rings is 2. The maximum atomic E-state index is 15.4. The lowest BCUT2D eigenvalue weighted by Gasteiger charge is -2.39. The largest absolute Gasteiger partial charge is 0.494 e. The predicted molar refractivity (Wildman–Crippen MR) is 141 cm³/mol. The fourth-order valence-electron chi connectivity index (χ4n) is 4.72. The molecule has 2 aliphatic heterocycles.